The summed E-state index contributed by atoms with van der Waals surface area (Å²) in [5.74, 6) is -0.0682. The van der Waals surface area contributed by atoms with Crippen LogP contribution < -0.4 is 19.1 Å². The maximum atomic E-state index is 13.3. The van der Waals surface area contributed by atoms with Crippen molar-refractivity contribution >= 4 is 23.3 Å². The summed E-state index contributed by atoms with van der Waals surface area (Å²) in [6, 6.07) is 12.0. The number of anilines is 1. The van der Waals surface area contributed by atoms with Crippen molar-refractivity contribution in [2.45, 2.75) is 13.0 Å². The Morgan fingerprint density at radius 1 is 1.11 bits per heavy atom. The van der Waals surface area contributed by atoms with Gasteiger partial charge in [-0.05, 0) is 49.4 Å². The van der Waals surface area contributed by atoms with Crippen molar-refractivity contribution in [2.75, 3.05) is 25.7 Å². The van der Waals surface area contributed by atoms with Gasteiger partial charge in [-0.1, -0.05) is 17.8 Å². The SMILES string of the molecule is C=CCOc1ccc(/C(O)=C2\C(=O)C(=O)N(c3cc(C)on3)[C@@H]2c2cc(OC)ccc2OC)cc1. The molecule has 1 atom stereocenters. The number of hydrogen-bond acceptors (Lipinski definition) is 8. The minimum Gasteiger partial charge on any atom is -0.507 e. The van der Waals surface area contributed by atoms with Crippen LogP contribution in [0.2, 0.25) is 0 Å². The van der Waals surface area contributed by atoms with Crippen molar-refractivity contribution in [3.8, 4) is 17.2 Å². The predicted molar refractivity (Wildman–Crippen MR) is 128 cm³/mol. The summed E-state index contributed by atoms with van der Waals surface area (Å²) in [6.45, 7) is 5.60. The first-order valence-electron chi connectivity index (χ1n) is 10.7. The Morgan fingerprint density at radius 2 is 1.83 bits per heavy atom. The molecule has 1 aliphatic heterocycles. The molecule has 0 radical (unpaired) electrons. The van der Waals surface area contributed by atoms with Crippen LogP contribution in [-0.4, -0.2) is 42.8 Å². The van der Waals surface area contributed by atoms with E-state index < -0.39 is 17.7 Å². The topological polar surface area (TPSA) is 111 Å². The number of aryl methyl sites for hydroxylation is 1. The van der Waals surface area contributed by atoms with Gasteiger partial charge < -0.3 is 23.8 Å². The highest BCUT2D eigenvalue weighted by Crippen LogP contribution is 2.45. The lowest BCUT2D eigenvalue weighted by Crippen LogP contribution is -2.30. The zero-order chi connectivity index (χ0) is 25.1. The van der Waals surface area contributed by atoms with E-state index in [4.69, 9.17) is 18.7 Å². The molecule has 35 heavy (non-hydrogen) atoms. The third kappa shape index (κ3) is 4.35. The molecule has 1 saturated heterocycles. The normalized spacial score (nSPS) is 16.9. The highest BCUT2D eigenvalue weighted by molar-refractivity contribution is 6.51. The highest BCUT2D eigenvalue weighted by atomic mass is 16.5. The van der Waals surface area contributed by atoms with Crippen LogP contribution in [0, 0.1) is 6.92 Å². The van der Waals surface area contributed by atoms with Gasteiger partial charge in [-0.3, -0.25) is 14.5 Å². The number of Topliss-reactive ketones (excluding diaryl/α,β-unsaturated/α-hetero) is 1. The third-order valence-corrected chi connectivity index (χ3v) is 5.53. The second kappa shape index (κ2) is 9.76. The first-order chi connectivity index (χ1) is 16.9. The van der Waals surface area contributed by atoms with Crippen molar-refractivity contribution in [1.82, 2.24) is 5.16 Å². The van der Waals surface area contributed by atoms with E-state index in [1.54, 1.807) is 55.5 Å². The number of rotatable bonds is 8. The quantitative estimate of drug-likeness (QED) is 0.223. The van der Waals surface area contributed by atoms with Gasteiger partial charge in [0, 0.05) is 17.2 Å². The van der Waals surface area contributed by atoms with E-state index in [0.29, 0.717) is 40.7 Å². The van der Waals surface area contributed by atoms with Crippen LogP contribution >= 0.6 is 0 Å². The Kier molecular flexibility index (Phi) is 6.59. The fourth-order valence-electron chi connectivity index (χ4n) is 3.90. The van der Waals surface area contributed by atoms with Gasteiger partial charge in [-0.15, -0.1) is 0 Å². The average Bonchev–Trinajstić information content (AvgIpc) is 3.42. The lowest BCUT2D eigenvalue weighted by atomic mass is 9.94. The standard InChI is InChI=1S/C26H24N2O7/c1-5-12-34-17-8-6-16(7-9-17)24(29)22-23(19-14-18(32-3)10-11-20(19)33-4)28(26(31)25(22)30)21-13-15(2)35-27-21/h5-11,13-14,23,29H,1,12H2,2-4H3/b24-22+/t23-/m1/s1. The number of nitrogens with zero attached hydrogens (tertiary/aromatic N) is 2. The Bertz CT molecular complexity index is 1310. The van der Waals surface area contributed by atoms with E-state index in [1.165, 1.54) is 25.2 Å². The lowest BCUT2D eigenvalue weighted by Gasteiger charge is -2.24. The average molecular weight is 476 g/mol. The molecule has 1 N–H and O–H groups in total. The van der Waals surface area contributed by atoms with Crippen molar-refractivity contribution in [1.29, 1.82) is 0 Å². The molecule has 3 aromatic rings. The number of ether oxygens (including phenoxy) is 3. The first-order valence-corrected chi connectivity index (χ1v) is 10.7. The first kappa shape index (κ1) is 23.6. The number of aromatic nitrogens is 1. The summed E-state index contributed by atoms with van der Waals surface area (Å²) < 4.78 is 21.5. The molecule has 0 bridgehead atoms. The second-order valence-electron chi connectivity index (χ2n) is 7.70. The van der Waals surface area contributed by atoms with Crippen LogP contribution in [0.4, 0.5) is 5.82 Å². The zero-order valence-corrected chi connectivity index (χ0v) is 19.5. The zero-order valence-electron chi connectivity index (χ0n) is 19.5. The van der Waals surface area contributed by atoms with Crippen molar-refractivity contribution in [2.24, 2.45) is 0 Å². The van der Waals surface area contributed by atoms with Crippen LogP contribution in [0.1, 0.15) is 22.9 Å². The number of carbonyl (C=O) groups excluding carboxylic acids is 2. The molecular weight excluding hydrogens is 452 g/mol. The van der Waals surface area contributed by atoms with Gasteiger partial charge in [0.1, 0.15) is 41.4 Å². The van der Waals surface area contributed by atoms with Crippen molar-refractivity contribution in [3.05, 3.63) is 83.6 Å². The maximum Gasteiger partial charge on any atom is 0.301 e. The summed E-state index contributed by atoms with van der Waals surface area (Å²) in [5.41, 5.74) is 0.637. The Labute approximate surface area is 201 Å². The summed E-state index contributed by atoms with van der Waals surface area (Å²) in [6.07, 6.45) is 1.61. The molecule has 0 unspecified atom stereocenters. The largest absolute Gasteiger partial charge is 0.507 e. The van der Waals surface area contributed by atoms with Crippen LogP contribution in [-0.2, 0) is 9.59 Å². The molecular formula is C26H24N2O7. The van der Waals surface area contributed by atoms with E-state index >= 15 is 0 Å². The molecule has 2 heterocycles. The number of amides is 1. The van der Waals surface area contributed by atoms with Crippen LogP contribution in [0.5, 0.6) is 17.2 Å². The van der Waals surface area contributed by atoms with Crippen LogP contribution in [0.3, 0.4) is 0 Å². The van der Waals surface area contributed by atoms with E-state index in [-0.39, 0.29) is 17.2 Å². The minimum atomic E-state index is -1.05. The van der Waals surface area contributed by atoms with E-state index in [0.717, 1.165) is 0 Å². The number of benzene rings is 2. The van der Waals surface area contributed by atoms with Gasteiger partial charge >= 0.3 is 5.91 Å². The molecule has 1 amide bonds. The predicted octanol–water partition coefficient (Wildman–Crippen LogP) is 4.19. The smallest absolute Gasteiger partial charge is 0.301 e. The number of hydrogen-bond donors (Lipinski definition) is 1. The summed E-state index contributed by atoms with van der Waals surface area (Å²) in [4.78, 5) is 27.7. The highest BCUT2D eigenvalue weighted by Gasteiger charge is 2.49. The second-order valence-corrected chi connectivity index (χ2v) is 7.70. The lowest BCUT2D eigenvalue weighted by molar-refractivity contribution is -0.132. The van der Waals surface area contributed by atoms with Gasteiger partial charge in [0.15, 0.2) is 5.82 Å². The summed E-state index contributed by atoms with van der Waals surface area (Å²) in [5, 5.41) is 15.2. The maximum absolute atomic E-state index is 13.3. The molecule has 1 fully saturated rings. The van der Waals surface area contributed by atoms with Crippen LogP contribution in [0.25, 0.3) is 5.76 Å². The number of aliphatic hydroxyl groups is 1. The van der Waals surface area contributed by atoms with Crippen molar-refractivity contribution in [3.63, 3.8) is 0 Å². The number of carbonyl (C=O) groups is 2. The van der Waals surface area contributed by atoms with Gasteiger partial charge in [-0.2, -0.15) is 0 Å². The molecule has 0 aliphatic carbocycles. The number of methoxy groups -OCH3 is 2. The summed E-state index contributed by atoms with van der Waals surface area (Å²) >= 11 is 0. The van der Waals surface area contributed by atoms with E-state index in [9.17, 15) is 14.7 Å². The number of aliphatic hydroxyl groups excluding tert-OH is 1. The van der Waals surface area contributed by atoms with Gasteiger partial charge in [0.25, 0.3) is 5.78 Å². The Morgan fingerprint density at radius 3 is 2.43 bits per heavy atom. The van der Waals surface area contributed by atoms with E-state index in [1.807, 2.05) is 0 Å². The fraction of sp³-hybridized carbons (Fsp3) is 0.192. The van der Waals surface area contributed by atoms with Gasteiger partial charge in [0.05, 0.1) is 19.8 Å². The minimum absolute atomic E-state index is 0.123. The molecule has 0 spiro atoms. The molecule has 1 aromatic heterocycles. The monoisotopic (exact) mass is 476 g/mol. The number of ketones is 1. The fourth-order valence-corrected chi connectivity index (χ4v) is 3.90. The molecule has 180 valence electrons. The molecule has 4 rings (SSSR count). The Balaban J connectivity index is 1.92. The molecule has 1 aliphatic rings. The Hall–Kier alpha value is -4.53. The molecule has 2 aromatic carbocycles. The van der Waals surface area contributed by atoms with Gasteiger partial charge in [-0.25, -0.2) is 0 Å². The van der Waals surface area contributed by atoms with Crippen LogP contribution in [0.15, 0.2) is 71.3 Å². The van der Waals surface area contributed by atoms with Gasteiger partial charge in [0.2, 0.25) is 0 Å². The molecule has 0 saturated carbocycles. The summed E-state index contributed by atoms with van der Waals surface area (Å²) in [7, 11) is 2.97. The van der Waals surface area contributed by atoms with Crippen molar-refractivity contribution < 1.29 is 33.4 Å². The third-order valence-electron chi connectivity index (χ3n) is 5.53. The molecule has 9 heteroatoms. The van der Waals surface area contributed by atoms with E-state index in [2.05, 4.69) is 11.7 Å². The molecule has 9 nitrogen and oxygen atoms in total.